The molecule has 0 saturated carbocycles. The molecule has 2 rings (SSSR count). The number of hydrogen-bond acceptors (Lipinski definition) is 3. The Morgan fingerprint density at radius 2 is 1.76 bits per heavy atom. The van der Waals surface area contributed by atoms with Crippen molar-refractivity contribution in [2.45, 2.75) is 0 Å². The molecular weight excluding hydrogens is 220 g/mol. The molecule has 0 aromatic heterocycles. The molecule has 2 aromatic carbocycles. The van der Waals surface area contributed by atoms with Gasteiger partial charge in [0.1, 0.15) is 11.5 Å². The first-order chi connectivity index (χ1) is 8.08. The van der Waals surface area contributed by atoms with Crippen LogP contribution < -0.4 is 0 Å². The van der Waals surface area contributed by atoms with Crippen molar-refractivity contribution in [2.24, 2.45) is 0 Å². The van der Waals surface area contributed by atoms with Gasteiger partial charge in [0, 0.05) is 5.56 Å². The zero-order valence-electron chi connectivity index (χ0n) is 8.79. The van der Waals surface area contributed by atoms with Crippen LogP contribution in [0.2, 0.25) is 0 Å². The fourth-order valence-electron chi connectivity index (χ4n) is 1.57. The fraction of sp³-hybridized carbons (Fsp3) is 0. The molecule has 0 atom stereocenters. The molecule has 0 saturated heterocycles. The average molecular weight is 230 g/mol. The summed E-state index contributed by atoms with van der Waals surface area (Å²) >= 11 is 0. The number of carbonyl (C=O) groups is 1. The number of phenolic OH excluding ortho intramolecular Hbond substituents is 2. The maximum Gasteiger partial charge on any atom is 0.335 e. The predicted molar refractivity (Wildman–Crippen MR) is 62.2 cm³/mol. The van der Waals surface area contributed by atoms with E-state index in [-0.39, 0.29) is 17.1 Å². The number of hydrogen-bond donors (Lipinski definition) is 3. The first-order valence-electron chi connectivity index (χ1n) is 4.93. The Balaban J connectivity index is 2.58. The summed E-state index contributed by atoms with van der Waals surface area (Å²) in [6, 6.07) is 10.3. The van der Waals surface area contributed by atoms with Crippen LogP contribution in [0.3, 0.4) is 0 Å². The van der Waals surface area contributed by atoms with Crippen LogP contribution in [0.1, 0.15) is 10.4 Å². The molecule has 0 fully saturated rings. The van der Waals surface area contributed by atoms with Crippen molar-refractivity contribution >= 4 is 5.97 Å². The Kier molecular flexibility index (Phi) is 2.70. The van der Waals surface area contributed by atoms with Crippen molar-refractivity contribution in [3.05, 3.63) is 48.0 Å². The minimum Gasteiger partial charge on any atom is -0.508 e. The summed E-state index contributed by atoms with van der Waals surface area (Å²) in [4.78, 5) is 10.8. The average Bonchev–Trinajstić information content (AvgIpc) is 2.29. The molecule has 0 aliphatic rings. The quantitative estimate of drug-likeness (QED) is 0.740. The fourth-order valence-corrected chi connectivity index (χ4v) is 1.57. The third-order valence-electron chi connectivity index (χ3n) is 2.40. The molecular formula is C13H10O4. The molecule has 0 aliphatic heterocycles. The number of aromatic hydroxyl groups is 2. The standard InChI is InChI=1S/C13H10O4/c14-10-3-1-2-8(6-10)11-7-9(13(16)17)4-5-12(11)15/h1-7,14-15H,(H,16,17). The lowest BCUT2D eigenvalue weighted by molar-refractivity contribution is 0.0697. The van der Waals surface area contributed by atoms with E-state index in [0.717, 1.165) is 0 Å². The Labute approximate surface area is 97.4 Å². The van der Waals surface area contributed by atoms with Crippen LogP contribution in [-0.2, 0) is 0 Å². The van der Waals surface area contributed by atoms with E-state index in [1.807, 2.05) is 0 Å². The summed E-state index contributed by atoms with van der Waals surface area (Å²) in [5, 5.41) is 27.9. The maximum absolute atomic E-state index is 10.8. The van der Waals surface area contributed by atoms with Crippen molar-refractivity contribution in [2.75, 3.05) is 0 Å². The van der Waals surface area contributed by atoms with E-state index >= 15 is 0 Å². The highest BCUT2D eigenvalue weighted by atomic mass is 16.4. The second-order valence-corrected chi connectivity index (χ2v) is 3.59. The first-order valence-corrected chi connectivity index (χ1v) is 4.93. The number of rotatable bonds is 2. The van der Waals surface area contributed by atoms with E-state index in [1.165, 1.54) is 30.3 Å². The Bertz CT molecular complexity index is 575. The predicted octanol–water partition coefficient (Wildman–Crippen LogP) is 2.46. The van der Waals surface area contributed by atoms with Crippen LogP contribution in [-0.4, -0.2) is 21.3 Å². The van der Waals surface area contributed by atoms with Gasteiger partial charge >= 0.3 is 5.97 Å². The van der Waals surface area contributed by atoms with E-state index in [0.29, 0.717) is 11.1 Å². The van der Waals surface area contributed by atoms with Crippen molar-refractivity contribution in [3.63, 3.8) is 0 Å². The van der Waals surface area contributed by atoms with Gasteiger partial charge in [-0.05, 0) is 35.9 Å². The van der Waals surface area contributed by atoms with Gasteiger partial charge in [0.2, 0.25) is 0 Å². The summed E-state index contributed by atoms with van der Waals surface area (Å²) in [5.41, 5.74) is 1.02. The Morgan fingerprint density at radius 3 is 2.41 bits per heavy atom. The molecule has 0 aliphatic carbocycles. The molecule has 4 nitrogen and oxygen atoms in total. The largest absolute Gasteiger partial charge is 0.508 e. The van der Waals surface area contributed by atoms with Gasteiger partial charge in [-0.1, -0.05) is 12.1 Å². The topological polar surface area (TPSA) is 77.8 Å². The van der Waals surface area contributed by atoms with E-state index in [4.69, 9.17) is 5.11 Å². The third kappa shape index (κ3) is 2.20. The summed E-state index contributed by atoms with van der Waals surface area (Å²) in [5.74, 6) is -1.03. The zero-order chi connectivity index (χ0) is 12.4. The lowest BCUT2D eigenvalue weighted by atomic mass is 10.0. The highest BCUT2D eigenvalue weighted by Gasteiger charge is 2.09. The second-order valence-electron chi connectivity index (χ2n) is 3.59. The number of phenols is 2. The van der Waals surface area contributed by atoms with Crippen LogP contribution in [0.5, 0.6) is 11.5 Å². The smallest absolute Gasteiger partial charge is 0.335 e. The zero-order valence-corrected chi connectivity index (χ0v) is 8.79. The number of carboxylic acids is 1. The molecule has 4 heteroatoms. The van der Waals surface area contributed by atoms with E-state index < -0.39 is 5.97 Å². The first kappa shape index (κ1) is 11.0. The van der Waals surface area contributed by atoms with Gasteiger partial charge in [-0.15, -0.1) is 0 Å². The molecule has 0 amide bonds. The van der Waals surface area contributed by atoms with Gasteiger partial charge in [0.25, 0.3) is 0 Å². The highest BCUT2D eigenvalue weighted by Crippen LogP contribution is 2.31. The van der Waals surface area contributed by atoms with Crippen molar-refractivity contribution in [3.8, 4) is 22.6 Å². The molecule has 3 N–H and O–H groups in total. The van der Waals surface area contributed by atoms with Crippen LogP contribution in [0, 0.1) is 0 Å². The lowest BCUT2D eigenvalue weighted by Crippen LogP contribution is -1.96. The van der Waals surface area contributed by atoms with Crippen molar-refractivity contribution in [1.82, 2.24) is 0 Å². The summed E-state index contributed by atoms with van der Waals surface area (Å²) in [7, 11) is 0. The monoisotopic (exact) mass is 230 g/mol. The van der Waals surface area contributed by atoms with Crippen molar-refractivity contribution in [1.29, 1.82) is 0 Å². The molecule has 2 aromatic rings. The van der Waals surface area contributed by atoms with E-state index in [2.05, 4.69) is 0 Å². The van der Waals surface area contributed by atoms with Gasteiger partial charge in [0.05, 0.1) is 5.56 Å². The van der Waals surface area contributed by atoms with Gasteiger partial charge in [-0.25, -0.2) is 4.79 Å². The Hall–Kier alpha value is -2.49. The highest BCUT2D eigenvalue weighted by molar-refractivity contribution is 5.90. The minimum absolute atomic E-state index is 0.0272. The number of carboxylic acid groups (broad SMARTS) is 1. The summed E-state index contributed by atoms with van der Waals surface area (Å²) in [6.45, 7) is 0. The Morgan fingerprint density at radius 1 is 1.00 bits per heavy atom. The van der Waals surface area contributed by atoms with Gasteiger partial charge < -0.3 is 15.3 Å². The van der Waals surface area contributed by atoms with Gasteiger partial charge in [-0.3, -0.25) is 0 Å². The second kappa shape index (κ2) is 4.17. The summed E-state index contributed by atoms with van der Waals surface area (Å²) < 4.78 is 0. The summed E-state index contributed by atoms with van der Waals surface area (Å²) in [6.07, 6.45) is 0. The van der Waals surface area contributed by atoms with Gasteiger partial charge in [-0.2, -0.15) is 0 Å². The van der Waals surface area contributed by atoms with Crippen LogP contribution >= 0.6 is 0 Å². The van der Waals surface area contributed by atoms with Crippen LogP contribution in [0.4, 0.5) is 0 Å². The van der Waals surface area contributed by atoms with E-state index in [9.17, 15) is 15.0 Å². The van der Waals surface area contributed by atoms with E-state index in [1.54, 1.807) is 12.1 Å². The third-order valence-corrected chi connectivity index (χ3v) is 2.40. The molecule has 0 bridgehead atoms. The molecule has 17 heavy (non-hydrogen) atoms. The molecule has 0 spiro atoms. The number of aromatic carboxylic acids is 1. The molecule has 0 unspecified atom stereocenters. The molecule has 0 radical (unpaired) electrons. The molecule has 86 valence electrons. The maximum atomic E-state index is 10.8. The normalized spacial score (nSPS) is 10.1. The van der Waals surface area contributed by atoms with Crippen LogP contribution in [0.15, 0.2) is 42.5 Å². The van der Waals surface area contributed by atoms with Crippen LogP contribution in [0.25, 0.3) is 11.1 Å². The minimum atomic E-state index is -1.06. The number of benzene rings is 2. The lowest BCUT2D eigenvalue weighted by Gasteiger charge is -2.06. The molecule has 0 heterocycles. The SMILES string of the molecule is O=C(O)c1ccc(O)c(-c2cccc(O)c2)c1. The van der Waals surface area contributed by atoms with Crippen molar-refractivity contribution < 1.29 is 20.1 Å². The van der Waals surface area contributed by atoms with Gasteiger partial charge in [0.15, 0.2) is 0 Å².